The smallest absolute Gasteiger partial charge is 0.325 e. The molecule has 0 spiro atoms. The Morgan fingerprint density at radius 1 is 1.18 bits per heavy atom. The SMILES string of the molecule is CC(C)c1ccc([C@@]2(C)NC(=O)N(CC(=O)NCC3CCCCC3)C2=O)cc1. The molecule has 1 aliphatic carbocycles. The van der Waals surface area contributed by atoms with Gasteiger partial charge in [0.25, 0.3) is 5.91 Å². The number of urea groups is 1. The van der Waals surface area contributed by atoms with E-state index in [1.54, 1.807) is 6.92 Å². The quantitative estimate of drug-likeness (QED) is 0.738. The molecule has 1 aromatic rings. The average Bonchev–Trinajstić information content (AvgIpc) is 2.91. The Bertz CT molecular complexity index is 738. The molecule has 1 atom stereocenters. The molecule has 28 heavy (non-hydrogen) atoms. The lowest BCUT2D eigenvalue weighted by atomic mass is 9.89. The summed E-state index contributed by atoms with van der Waals surface area (Å²) in [6.07, 6.45) is 5.95. The van der Waals surface area contributed by atoms with Crippen LogP contribution in [0.2, 0.25) is 0 Å². The van der Waals surface area contributed by atoms with Crippen LogP contribution in [0.5, 0.6) is 0 Å². The lowest BCUT2D eigenvalue weighted by molar-refractivity contribution is -0.134. The Balaban J connectivity index is 1.62. The van der Waals surface area contributed by atoms with Crippen LogP contribution in [0, 0.1) is 5.92 Å². The zero-order valence-electron chi connectivity index (χ0n) is 17.1. The summed E-state index contributed by atoms with van der Waals surface area (Å²) >= 11 is 0. The molecule has 2 N–H and O–H groups in total. The van der Waals surface area contributed by atoms with Gasteiger partial charge in [0.1, 0.15) is 12.1 Å². The summed E-state index contributed by atoms with van der Waals surface area (Å²) in [5.74, 6) is 0.224. The summed E-state index contributed by atoms with van der Waals surface area (Å²) < 4.78 is 0. The molecule has 1 heterocycles. The van der Waals surface area contributed by atoms with E-state index < -0.39 is 11.6 Å². The first-order valence-electron chi connectivity index (χ1n) is 10.3. The monoisotopic (exact) mass is 385 g/mol. The Morgan fingerprint density at radius 3 is 2.43 bits per heavy atom. The second-order valence-corrected chi connectivity index (χ2v) is 8.53. The number of imide groups is 1. The van der Waals surface area contributed by atoms with Gasteiger partial charge in [-0.25, -0.2) is 4.79 Å². The van der Waals surface area contributed by atoms with Crippen LogP contribution in [0.25, 0.3) is 0 Å². The number of benzene rings is 1. The van der Waals surface area contributed by atoms with E-state index in [-0.39, 0.29) is 18.4 Å². The van der Waals surface area contributed by atoms with Crippen molar-refractivity contribution < 1.29 is 14.4 Å². The maximum absolute atomic E-state index is 13.0. The molecule has 2 aliphatic rings. The molecule has 2 fully saturated rings. The molecule has 1 saturated heterocycles. The minimum absolute atomic E-state index is 0.239. The van der Waals surface area contributed by atoms with E-state index in [2.05, 4.69) is 24.5 Å². The van der Waals surface area contributed by atoms with Crippen molar-refractivity contribution >= 4 is 17.8 Å². The van der Waals surface area contributed by atoms with Crippen molar-refractivity contribution in [1.82, 2.24) is 15.5 Å². The molecule has 1 saturated carbocycles. The predicted octanol–water partition coefficient (Wildman–Crippen LogP) is 3.27. The number of amides is 4. The molecule has 3 rings (SSSR count). The average molecular weight is 386 g/mol. The van der Waals surface area contributed by atoms with Gasteiger partial charge in [0, 0.05) is 6.54 Å². The molecule has 1 aliphatic heterocycles. The Kier molecular flexibility index (Phi) is 6.06. The fourth-order valence-electron chi connectivity index (χ4n) is 4.09. The Labute approximate surface area is 167 Å². The summed E-state index contributed by atoms with van der Waals surface area (Å²) in [7, 11) is 0. The Hall–Kier alpha value is -2.37. The molecule has 0 radical (unpaired) electrons. The van der Waals surface area contributed by atoms with Crippen LogP contribution < -0.4 is 10.6 Å². The van der Waals surface area contributed by atoms with Gasteiger partial charge in [-0.05, 0) is 42.7 Å². The van der Waals surface area contributed by atoms with Crippen LogP contribution >= 0.6 is 0 Å². The third kappa shape index (κ3) is 4.21. The maximum Gasteiger partial charge on any atom is 0.325 e. The van der Waals surface area contributed by atoms with Gasteiger partial charge in [0.15, 0.2) is 0 Å². The van der Waals surface area contributed by atoms with Crippen LogP contribution in [-0.2, 0) is 15.1 Å². The van der Waals surface area contributed by atoms with Crippen LogP contribution in [-0.4, -0.2) is 35.8 Å². The number of hydrogen-bond acceptors (Lipinski definition) is 3. The fourth-order valence-corrected chi connectivity index (χ4v) is 4.09. The van der Waals surface area contributed by atoms with Gasteiger partial charge in [-0.2, -0.15) is 0 Å². The summed E-state index contributed by atoms with van der Waals surface area (Å²) in [5, 5.41) is 5.66. The number of rotatable bonds is 6. The molecule has 1 aromatic carbocycles. The topological polar surface area (TPSA) is 78.5 Å². The predicted molar refractivity (Wildman–Crippen MR) is 108 cm³/mol. The van der Waals surface area contributed by atoms with Crippen molar-refractivity contribution in [3.05, 3.63) is 35.4 Å². The lowest BCUT2D eigenvalue weighted by Gasteiger charge is -2.23. The number of nitrogens with zero attached hydrogens (tertiary/aromatic N) is 1. The normalized spacial score (nSPS) is 23.2. The van der Waals surface area contributed by atoms with Crippen LogP contribution in [0.4, 0.5) is 4.79 Å². The van der Waals surface area contributed by atoms with E-state index in [0.29, 0.717) is 18.4 Å². The molecule has 0 aromatic heterocycles. The van der Waals surface area contributed by atoms with Gasteiger partial charge in [-0.15, -0.1) is 0 Å². The molecule has 6 nitrogen and oxygen atoms in total. The second kappa shape index (κ2) is 8.33. The first-order valence-corrected chi connectivity index (χ1v) is 10.3. The van der Waals surface area contributed by atoms with Gasteiger partial charge in [-0.3, -0.25) is 14.5 Å². The van der Waals surface area contributed by atoms with Crippen molar-refractivity contribution in [2.45, 2.75) is 64.3 Å². The third-order valence-electron chi connectivity index (χ3n) is 6.04. The van der Waals surface area contributed by atoms with Crippen LogP contribution in [0.3, 0.4) is 0 Å². The van der Waals surface area contributed by atoms with E-state index in [0.717, 1.165) is 23.3 Å². The minimum Gasteiger partial charge on any atom is -0.354 e. The highest BCUT2D eigenvalue weighted by molar-refractivity contribution is 6.09. The van der Waals surface area contributed by atoms with E-state index in [9.17, 15) is 14.4 Å². The fraction of sp³-hybridized carbons (Fsp3) is 0.591. The standard InChI is InChI=1S/C22H31N3O3/c1-15(2)17-9-11-18(12-10-17)22(3)20(27)25(21(28)24-22)14-19(26)23-13-16-7-5-4-6-8-16/h9-12,15-16H,4-8,13-14H2,1-3H3,(H,23,26)(H,24,28)/t22-/m1/s1. The summed E-state index contributed by atoms with van der Waals surface area (Å²) in [6.45, 7) is 6.28. The largest absolute Gasteiger partial charge is 0.354 e. The van der Waals surface area contributed by atoms with E-state index >= 15 is 0 Å². The first kappa shape index (κ1) is 20.4. The highest BCUT2D eigenvalue weighted by Crippen LogP contribution is 2.30. The number of hydrogen-bond donors (Lipinski definition) is 2. The van der Waals surface area contributed by atoms with Crippen LogP contribution in [0.15, 0.2) is 24.3 Å². The summed E-state index contributed by atoms with van der Waals surface area (Å²) in [4.78, 5) is 38.7. The Morgan fingerprint density at radius 2 is 1.82 bits per heavy atom. The molecule has 4 amide bonds. The van der Waals surface area contributed by atoms with Crippen molar-refractivity contribution in [1.29, 1.82) is 0 Å². The number of carbonyl (C=O) groups is 3. The van der Waals surface area contributed by atoms with E-state index in [4.69, 9.17) is 0 Å². The highest BCUT2D eigenvalue weighted by atomic mass is 16.2. The minimum atomic E-state index is -1.14. The van der Waals surface area contributed by atoms with Crippen molar-refractivity contribution in [2.24, 2.45) is 5.92 Å². The summed E-state index contributed by atoms with van der Waals surface area (Å²) in [5.41, 5.74) is 0.749. The van der Waals surface area contributed by atoms with Gasteiger partial charge in [-0.1, -0.05) is 57.4 Å². The van der Waals surface area contributed by atoms with Gasteiger partial charge < -0.3 is 10.6 Å². The second-order valence-electron chi connectivity index (χ2n) is 8.53. The number of carbonyl (C=O) groups excluding carboxylic acids is 3. The summed E-state index contributed by atoms with van der Waals surface area (Å²) in [6, 6.07) is 7.18. The molecule has 6 heteroatoms. The maximum atomic E-state index is 13.0. The van der Waals surface area contributed by atoms with Gasteiger partial charge in [0.05, 0.1) is 0 Å². The third-order valence-corrected chi connectivity index (χ3v) is 6.04. The molecular weight excluding hydrogens is 354 g/mol. The first-order chi connectivity index (χ1) is 13.3. The molecule has 152 valence electrons. The lowest BCUT2D eigenvalue weighted by Crippen LogP contribution is -2.44. The van der Waals surface area contributed by atoms with E-state index in [1.807, 2.05) is 24.3 Å². The molecular formula is C22H31N3O3. The molecule has 0 bridgehead atoms. The number of nitrogens with one attached hydrogen (secondary N) is 2. The highest BCUT2D eigenvalue weighted by Gasteiger charge is 2.49. The zero-order valence-corrected chi connectivity index (χ0v) is 17.1. The zero-order chi connectivity index (χ0) is 20.3. The van der Waals surface area contributed by atoms with Crippen molar-refractivity contribution in [3.63, 3.8) is 0 Å². The van der Waals surface area contributed by atoms with E-state index in [1.165, 1.54) is 24.8 Å². The molecule has 0 unspecified atom stereocenters. The van der Waals surface area contributed by atoms with Crippen molar-refractivity contribution in [3.8, 4) is 0 Å². The van der Waals surface area contributed by atoms with Crippen LogP contribution in [0.1, 0.15) is 69.9 Å². The van der Waals surface area contributed by atoms with Crippen molar-refractivity contribution in [2.75, 3.05) is 13.1 Å². The van der Waals surface area contributed by atoms with Gasteiger partial charge in [0.2, 0.25) is 5.91 Å². The van der Waals surface area contributed by atoms with Gasteiger partial charge >= 0.3 is 6.03 Å².